The van der Waals surface area contributed by atoms with E-state index in [1.165, 1.54) is 19.3 Å². The molecule has 0 radical (unpaired) electrons. The van der Waals surface area contributed by atoms with Gasteiger partial charge in [-0.15, -0.1) is 0 Å². The summed E-state index contributed by atoms with van der Waals surface area (Å²) in [5.41, 5.74) is 5.67. The second-order valence-corrected chi connectivity index (χ2v) is 3.78. The van der Waals surface area contributed by atoms with Crippen molar-refractivity contribution in [2.24, 2.45) is 5.73 Å². The van der Waals surface area contributed by atoms with Crippen molar-refractivity contribution in [2.45, 2.75) is 38.3 Å². The van der Waals surface area contributed by atoms with E-state index in [0.717, 1.165) is 13.1 Å². The average molecular weight is 172 g/mol. The van der Waals surface area contributed by atoms with Crippen molar-refractivity contribution >= 4 is 0 Å². The van der Waals surface area contributed by atoms with Crippen LogP contribution in [0.5, 0.6) is 0 Å². The standard InChI is InChI=1S/C9H20N2O/c1-8-4-2-3-5-11(8)6-9(10)7-12/h8-9,12H,2-7,10H2,1H3. The summed E-state index contributed by atoms with van der Waals surface area (Å²) < 4.78 is 0. The molecule has 1 fully saturated rings. The number of nitrogens with two attached hydrogens (primary N) is 1. The summed E-state index contributed by atoms with van der Waals surface area (Å²) >= 11 is 0. The van der Waals surface area contributed by atoms with Gasteiger partial charge < -0.3 is 10.8 Å². The van der Waals surface area contributed by atoms with Crippen LogP contribution < -0.4 is 5.73 Å². The summed E-state index contributed by atoms with van der Waals surface area (Å²) in [6.07, 6.45) is 3.90. The van der Waals surface area contributed by atoms with E-state index in [9.17, 15) is 0 Å². The predicted molar refractivity (Wildman–Crippen MR) is 49.9 cm³/mol. The fourth-order valence-corrected chi connectivity index (χ4v) is 1.79. The second-order valence-electron chi connectivity index (χ2n) is 3.78. The molecule has 2 atom stereocenters. The lowest BCUT2D eigenvalue weighted by molar-refractivity contribution is 0.133. The molecular weight excluding hydrogens is 152 g/mol. The lowest BCUT2D eigenvalue weighted by atomic mass is 10.0. The molecule has 0 aliphatic carbocycles. The van der Waals surface area contributed by atoms with Gasteiger partial charge in [0.2, 0.25) is 0 Å². The Kier molecular flexibility index (Phi) is 3.98. The molecular formula is C9H20N2O. The zero-order chi connectivity index (χ0) is 8.97. The molecule has 0 aromatic rings. The Labute approximate surface area is 74.5 Å². The van der Waals surface area contributed by atoms with Crippen molar-refractivity contribution in [1.29, 1.82) is 0 Å². The third kappa shape index (κ3) is 2.73. The highest BCUT2D eigenvalue weighted by Gasteiger charge is 2.19. The smallest absolute Gasteiger partial charge is 0.0595 e. The van der Waals surface area contributed by atoms with Gasteiger partial charge >= 0.3 is 0 Å². The molecule has 1 aliphatic heterocycles. The minimum absolute atomic E-state index is 0.0643. The summed E-state index contributed by atoms with van der Waals surface area (Å²) in [6, 6.07) is 0.585. The van der Waals surface area contributed by atoms with Crippen LogP contribution >= 0.6 is 0 Å². The maximum atomic E-state index is 8.80. The molecule has 0 spiro atoms. The summed E-state index contributed by atoms with van der Waals surface area (Å²) in [7, 11) is 0. The fraction of sp³-hybridized carbons (Fsp3) is 1.00. The van der Waals surface area contributed by atoms with Crippen LogP contribution in [0.3, 0.4) is 0 Å². The highest BCUT2D eigenvalue weighted by molar-refractivity contribution is 4.76. The van der Waals surface area contributed by atoms with Gasteiger partial charge in [-0.25, -0.2) is 0 Å². The third-order valence-electron chi connectivity index (χ3n) is 2.64. The van der Waals surface area contributed by atoms with Gasteiger partial charge in [0.05, 0.1) is 6.61 Å². The first-order valence-corrected chi connectivity index (χ1v) is 4.84. The minimum Gasteiger partial charge on any atom is -0.395 e. The molecule has 0 aromatic heterocycles. The van der Waals surface area contributed by atoms with Gasteiger partial charge in [-0.2, -0.15) is 0 Å². The van der Waals surface area contributed by atoms with Crippen LogP contribution in [0.4, 0.5) is 0 Å². The molecule has 1 heterocycles. The third-order valence-corrected chi connectivity index (χ3v) is 2.64. The van der Waals surface area contributed by atoms with Gasteiger partial charge in [0.1, 0.15) is 0 Å². The number of rotatable bonds is 3. The highest BCUT2D eigenvalue weighted by Crippen LogP contribution is 2.15. The Morgan fingerprint density at radius 3 is 2.92 bits per heavy atom. The first-order valence-electron chi connectivity index (χ1n) is 4.84. The molecule has 12 heavy (non-hydrogen) atoms. The lowest BCUT2D eigenvalue weighted by Gasteiger charge is -2.34. The first kappa shape index (κ1) is 9.96. The van der Waals surface area contributed by atoms with Gasteiger partial charge in [-0.1, -0.05) is 6.42 Å². The minimum atomic E-state index is -0.0643. The van der Waals surface area contributed by atoms with E-state index in [0.29, 0.717) is 6.04 Å². The molecule has 1 aliphatic rings. The van der Waals surface area contributed by atoms with Gasteiger partial charge in [0.25, 0.3) is 0 Å². The van der Waals surface area contributed by atoms with Crippen LogP contribution in [0, 0.1) is 0 Å². The van der Waals surface area contributed by atoms with Gasteiger partial charge in [0, 0.05) is 18.6 Å². The SMILES string of the molecule is CC1CCCCN1CC(N)CO. The van der Waals surface area contributed by atoms with Crippen molar-refractivity contribution in [1.82, 2.24) is 4.90 Å². The number of likely N-dealkylation sites (tertiary alicyclic amines) is 1. The zero-order valence-electron chi connectivity index (χ0n) is 7.87. The van der Waals surface area contributed by atoms with E-state index >= 15 is 0 Å². The van der Waals surface area contributed by atoms with Crippen molar-refractivity contribution < 1.29 is 5.11 Å². The average Bonchev–Trinajstić information content (AvgIpc) is 2.09. The summed E-state index contributed by atoms with van der Waals surface area (Å²) in [6.45, 7) is 4.33. The molecule has 3 heteroatoms. The molecule has 2 unspecified atom stereocenters. The highest BCUT2D eigenvalue weighted by atomic mass is 16.3. The van der Waals surface area contributed by atoms with Crippen molar-refractivity contribution in [3.63, 3.8) is 0 Å². The topological polar surface area (TPSA) is 49.5 Å². The van der Waals surface area contributed by atoms with E-state index in [1.807, 2.05) is 0 Å². The Bertz CT molecular complexity index is 130. The van der Waals surface area contributed by atoms with Crippen LogP contribution in [0.25, 0.3) is 0 Å². The van der Waals surface area contributed by atoms with Gasteiger partial charge in [-0.05, 0) is 26.3 Å². The quantitative estimate of drug-likeness (QED) is 0.638. The van der Waals surface area contributed by atoms with Gasteiger partial charge in [0.15, 0.2) is 0 Å². The molecule has 72 valence electrons. The molecule has 1 saturated heterocycles. The Morgan fingerprint density at radius 2 is 2.33 bits per heavy atom. The fourth-order valence-electron chi connectivity index (χ4n) is 1.79. The maximum Gasteiger partial charge on any atom is 0.0595 e. The van der Waals surface area contributed by atoms with Crippen LogP contribution in [0.15, 0.2) is 0 Å². The largest absolute Gasteiger partial charge is 0.395 e. The predicted octanol–water partition coefficient (Wildman–Crippen LogP) is 0.180. The van der Waals surface area contributed by atoms with Crippen LogP contribution in [0.2, 0.25) is 0 Å². The van der Waals surface area contributed by atoms with E-state index in [4.69, 9.17) is 10.8 Å². The number of nitrogens with zero attached hydrogens (tertiary/aromatic N) is 1. The monoisotopic (exact) mass is 172 g/mol. The number of hydrogen-bond acceptors (Lipinski definition) is 3. The van der Waals surface area contributed by atoms with E-state index in [-0.39, 0.29) is 12.6 Å². The first-order chi connectivity index (χ1) is 5.74. The Balaban J connectivity index is 2.28. The Hall–Kier alpha value is -0.120. The Morgan fingerprint density at radius 1 is 1.58 bits per heavy atom. The van der Waals surface area contributed by atoms with Crippen molar-refractivity contribution in [2.75, 3.05) is 19.7 Å². The maximum absolute atomic E-state index is 8.80. The van der Waals surface area contributed by atoms with Gasteiger partial charge in [-0.3, -0.25) is 4.90 Å². The van der Waals surface area contributed by atoms with E-state index in [1.54, 1.807) is 0 Å². The summed E-state index contributed by atoms with van der Waals surface area (Å²) in [5, 5.41) is 8.80. The molecule has 0 amide bonds. The van der Waals surface area contributed by atoms with Crippen LogP contribution in [-0.4, -0.2) is 41.8 Å². The number of aliphatic hydroxyl groups excluding tert-OH is 1. The zero-order valence-corrected chi connectivity index (χ0v) is 7.87. The van der Waals surface area contributed by atoms with Crippen molar-refractivity contribution in [3.05, 3.63) is 0 Å². The molecule has 0 saturated carbocycles. The number of hydrogen-bond donors (Lipinski definition) is 2. The van der Waals surface area contributed by atoms with Crippen LogP contribution in [-0.2, 0) is 0 Å². The molecule has 1 rings (SSSR count). The lowest BCUT2D eigenvalue weighted by Crippen LogP contribution is -2.46. The molecule has 3 N–H and O–H groups in total. The summed E-state index contributed by atoms with van der Waals surface area (Å²) in [4.78, 5) is 2.38. The van der Waals surface area contributed by atoms with E-state index in [2.05, 4.69) is 11.8 Å². The van der Waals surface area contributed by atoms with E-state index < -0.39 is 0 Å². The number of piperidine rings is 1. The summed E-state index contributed by atoms with van der Waals surface area (Å²) in [5.74, 6) is 0. The second kappa shape index (κ2) is 4.80. The molecule has 0 bridgehead atoms. The molecule has 3 nitrogen and oxygen atoms in total. The van der Waals surface area contributed by atoms with Crippen molar-refractivity contribution in [3.8, 4) is 0 Å². The van der Waals surface area contributed by atoms with Crippen LogP contribution in [0.1, 0.15) is 26.2 Å². The normalized spacial score (nSPS) is 28.8. The molecule has 0 aromatic carbocycles. The number of aliphatic hydroxyl groups is 1.